The van der Waals surface area contributed by atoms with E-state index in [4.69, 9.17) is 14.6 Å². The summed E-state index contributed by atoms with van der Waals surface area (Å²) in [4.78, 5) is 24.2. The van der Waals surface area contributed by atoms with Crippen LogP contribution in [0.2, 0.25) is 0 Å². The van der Waals surface area contributed by atoms with Crippen molar-refractivity contribution in [3.05, 3.63) is 24.3 Å². The number of epoxide rings is 1. The third kappa shape index (κ3) is 7.82. The average molecular weight is 497 g/mol. The molecule has 8 atom stereocenters. The van der Waals surface area contributed by atoms with E-state index in [-0.39, 0.29) is 53.7 Å². The molecule has 0 amide bonds. The van der Waals surface area contributed by atoms with Crippen molar-refractivity contribution < 1.29 is 29.3 Å². The summed E-state index contributed by atoms with van der Waals surface area (Å²) in [7, 11) is 2.62. The Morgan fingerprint density at radius 2 is 1.31 bits per heavy atom. The second kappa shape index (κ2) is 13.8. The Hall–Kier alpha value is -1.34. The van der Waals surface area contributed by atoms with E-state index in [1.54, 1.807) is 25.3 Å². The summed E-state index contributed by atoms with van der Waals surface area (Å²) in [6.07, 6.45) is 8.70. The van der Waals surface area contributed by atoms with Gasteiger partial charge in [0.25, 0.3) is 0 Å². The molecule has 2 N–H and O–H groups in total. The number of ether oxygens (including phenoxy) is 2. The van der Waals surface area contributed by atoms with Crippen molar-refractivity contribution in [1.82, 2.24) is 0 Å². The molecule has 2 saturated carbocycles. The van der Waals surface area contributed by atoms with Crippen LogP contribution in [0.1, 0.15) is 75.7 Å². The van der Waals surface area contributed by atoms with E-state index in [2.05, 4.69) is 34.6 Å². The van der Waals surface area contributed by atoms with Gasteiger partial charge < -0.3 is 19.7 Å². The molecule has 0 radical (unpaired) electrons. The van der Waals surface area contributed by atoms with Gasteiger partial charge >= 0.3 is 0 Å². The summed E-state index contributed by atoms with van der Waals surface area (Å²) in [5.41, 5.74) is -0.0659. The first-order valence-corrected chi connectivity index (χ1v) is 12.5. The highest BCUT2D eigenvalue weighted by Gasteiger charge is 2.57. The second-order valence-electron chi connectivity index (χ2n) is 11.3. The molecule has 6 nitrogen and oxygen atoms in total. The highest BCUT2D eigenvalue weighted by atomic mass is 16.6. The van der Waals surface area contributed by atoms with Crippen LogP contribution in [-0.2, 0) is 19.1 Å². The number of ketones is 2. The largest absolute Gasteiger partial charge is 0.400 e. The van der Waals surface area contributed by atoms with Gasteiger partial charge in [-0.2, -0.15) is 0 Å². The van der Waals surface area contributed by atoms with Gasteiger partial charge in [-0.1, -0.05) is 61.1 Å². The van der Waals surface area contributed by atoms with Gasteiger partial charge in [-0.25, -0.2) is 0 Å². The molecule has 1 aliphatic heterocycles. The lowest BCUT2D eigenvalue weighted by molar-refractivity contribution is -0.147. The van der Waals surface area contributed by atoms with Crippen molar-refractivity contribution in [2.45, 2.75) is 100 Å². The topological polar surface area (TPSA) is 96.4 Å². The number of aliphatic hydroxyl groups is 2. The van der Waals surface area contributed by atoms with Gasteiger partial charge in [0, 0.05) is 26.1 Å². The van der Waals surface area contributed by atoms with E-state index in [9.17, 15) is 14.7 Å². The minimum atomic E-state index is -0.563. The van der Waals surface area contributed by atoms with Crippen molar-refractivity contribution >= 4 is 11.6 Å². The first-order chi connectivity index (χ1) is 15.8. The molecule has 3 fully saturated rings. The van der Waals surface area contributed by atoms with E-state index in [0.717, 1.165) is 13.5 Å². The molecule has 35 heavy (non-hydrogen) atoms. The summed E-state index contributed by atoms with van der Waals surface area (Å²) < 4.78 is 10.9. The van der Waals surface area contributed by atoms with Crippen molar-refractivity contribution in [1.29, 1.82) is 0 Å². The molecule has 204 valence electrons. The Kier molecular flexibility index (Phi) is 13.3. The number of methoxy groups -OCH3 is 1. The first kappa shape index (κ1) is 33.7. The van der Waals surface area contributed by atoms with Gasteiger partial charge in [-0.15, -0.1) is 0 Å². The van der Waals surface area contributed by atoms with Crippen molar-refractivity contribution in [3.63, 3.8) is 0 Å². The van der Waals surface area contributed by atoms with E-state index < -0.39 is 6.10 Å². The molecule has 1 saturated heterocycles. The third-order valence-electron chi connectivity index (χ3n) is 7.83. The van der Waals surface area contributed by atoms with Crippen LogP contribution in [0.5, 0.6) is 0 Å². The highest BCUT2D eigenvalue weighted by Crippen LogP contribution is 2.53. The summed E-state index contributed by atoms with van der Waals surface area (Å²) >= 11 is 0. The smallest absolute Gasteiger partial charge is 0.159 e. The lowest BCUT2D eigenvalue weighted by atomic mass is 9.60. The van der Waals surface area contributed by atoms with Gasteiger partial charge in [0.1, 0.15) is 0 Å². The lowest BCUT2D eigenvalue weighted by Gasteiger charge is -2.47. The molecule has 6 heteroatoms. The maximum absolute atomic E-state index is 12.1. The molecule has 0 spiro atoms. The highest BCUT2D eigenvalue weighted by molar-refractivity contribution is 5.93. The van der Waals surface area contributed by atoms with E-state index in [1.165, 1.54) is 0 Å². The predicted octanol–water partition coefficient (Wildman–Crippen LogP) is 5.02. The van der Waals surface area contributed by atoms with Gasteiger partial charge in [0.05, 0.1) is 24.4 Å². The molecule has 0 aromatic carbocycles. The fourth-order valence-electron chi connectivity index (χ4n) is 6.39. The normalized spacial score (nSPS) is 36.6. The Labute approximate surface area is 214 Å². The molecule has 0 bridgehead atoms. The number of fused-ring (bicyclic) bond motifs is 1. The summed E-state index contributed by atoms with van der Waals surface area (Å²) in [6, 6.07) is 0. The third-order valence-corrected chi connectivity index (χ3v) is 7.83. The quantitative estimate of drug-likeness (QED) is 0.410. The maximum atomic E-state index is 12.1. The van der Waals surface area contributed by atoms with Crippen LogP contribution in [0.25, 0.3) is 0 Å². The number of carbonyl (C=O) groups is 2. The number of allylic oxidation sites excluding steroid dienone is 4. The molecule has 0 aromatic heterocycles. The lowest BCUT2D eigenvalue weighted by Crippen LogP contribution is -2.52. The SMILES string of the molecule is C.C/C=C/C(=O)C1C(C)C(O)C(OC)CC1(C)C.C/C=C/C(=O)C1C(C)C2OC2CC1(C)C.CO. The molecule has 1 heterocycles. The molecule has 2 aliphatic carbocycles. The van der Waals surface area contributed by atoms with Gasteiger partial charge in [0.15, 0.2) is 11.6 Å². The number of hydrogen-bond donors (Lipinski definition) is 2. The van der Waals surface area contributed by atoms with Gasteiger partial charge in [-0.3, -0.25) is 9.59 Å². The zero-order valence-electron chi connectivity index (χ0n) is 22.9. The zero-order valence-corrected chi connectivity index (χ0v) is 22.9. The maximum Gasteiger partial charge on any atom is 0.159 e. The summed E-state index contributed by atoms with van der Waals surface area (Å²) in [6.45, 7) is 16.4. The van der Waals surface area contributed by atoms with Crippen LogP contribution in [0.3, 0.4) is 0 Å². The number of carbonyl (C=O) groups excluding carboxylic acids is 2. The van der Waals surface area contributed by atoms with Crippen LogP contribution in [-0.4, -0.2) is 60.4 Å². The number of hydrogen-bond acceptors (Lipinski definition) is 6. The molecule has 0 aromatic rings. The monoisotopic (exact) mass is 496 g/mol. The molecular weight excluding hydrogens is 444 g/mol. The summed E-state index contributed by atoms with van der Waals surface area (Å²) in [5.74, 6) is 0.648. The fourth-order valence-corrected chi connectivity index (χ4v) is 6.39. The Morgan fingerprint density at radius 3 is 1.74 bits per heavy atom. The Balaban J connectivity index is 0.000000603. The van der Waals surface area contributed by atoms with Gasteiger partial charge in [0.2, 0.25) is 0 Å². The summed E-state index contributed by atoms with van der Waals surface area (Å²) in [5, 5.41) is 17.2. The molecule has 3 aliphatic rings. The Morgan fingerprint density at radius 1 is 0.886 bits per heavy atom. The van der Waals surface area contributed by atoms with Crippen LogP contribution in [0.4, 0.5) is 0 Å². The van der Waals surface area contributed by atoms with Crippen molar-refractivity contribution in [2.24, 2.45) is 34.5 Å². The fraction of sp³-hybridized carbons (Fsp3) is 0.793. The van der Waals surface area contributed by atoms with Crippen LogP contribution in [0, 0.1) is 34.5 Å². The van der Waals surface area contributed by atoms with Crippen LogP contribution < -0.4 is 0 Å². The minimum Gasteiger partial charge on any atom is -0.400 e. The van der Waals surface area contributed by atoms with E-state index >= 15 is 0 Å². The van der Waals surface area contributed by atoms with Crippen LogP contribution >= 0.6 is 0 Å². The molecule has 3 rings (SSSR count). The Bertz CT molecular complexity index is 737. The molecule has 8 unspecified atom stereocenters. The van der Waals surface area contributed by atoms with Crippen molar-refractivity contribution in [2.75, 3.05) is 14.2 Å². The second-order valence-corrected chi connectivity index (χ2v) is 11.3. The van der Waals surface area contributed by atoms with Crippen LogP contribution in [0.15, 0.2) is 24.3 Å². The standard InChI is InChI=1S/C14H24O3.C13H20O2.CH4O.CH4/c1-6-7-10(15)12-9(2)13(16)11(17-5)8-14(12,3)4;1-5-6-9(14)11-8(2)12-10(15-12)7-13(11,3)4;1-2;/h6-7,9,11-13,16H,8H2,1-5H3;5-6,8,10-12H,7H2,1-4H3;2H,1H3;1H4/b7-6+;6-5+;;. The van der Waals surface area contributed by atoms with E-state index in [1.807, 2.05) is 26.8 Å². The van der Waals surface area contributed by atoms with Gasteiger partial charge in [-0.05, 0) is 61.5 Å². The first-order valence-electron chi connectivity index (χ1n) is 12.5. The van der Waals surface area contributed by atoms with Crippen molar-refractivity contribution in [3.8, 4) is 0 Å². The minimum absolute atomic E-state index is 0. The number of aliphatic hydroxyl groups excluding tert-OH is 2. The van der Waals surface area contributed by atoms with E-state index in [0.29, 0.717) is 24.5 Å². The predicted molar refractivity (Wildman–Crippen MR) is 142 cm³/mol. The number of rotatable bonds is 5. The average Bonchev–Trinajstić information content (AvgIpc) is 3.51. The zero-order chi connectivity index (χ0) is 26.4. The molecular formula is C29H52O6.